The molecule has 0 radical (unpaired) electrons. The van der Waals surface area contributed by atoms with Gasteiger partial charge in [0.1, 0.15) is 0 Å². The van der Waals surface area contributed by atoms with E-state index in [1.54, 1.807) is 0 Å². The maximum absolute atomic E-state index is 11.7. The van der Waals surface area contributed by atoms with Crippen molar-refractivity contribution in [3.05, 3.63) is 12.7 Å². The average Bonchev–Trinajstić information content (AvgIpc) is 3.08. The number of rotatable bonds is 2. The summed E-state index contributed by atoms with van der Waals surface area (Å²) in [5.74, 6) is 3.63. The van der Waals surface area contributed by atoms with Gasteiger partial charge in [0.2, 0.25) is 0 Å². The monoisotopic (exact) mass is 274 g/mol. The smallest absolute Gasteiger partial charge is 0.0739 e. The molecule has 0 heterocycles. The Balaban J connectivity index is 1.66. The molecule has 4 rings (SSSR count). The molecule has 20 heavy (non-hydrogen) atoms. The van der Waals surface area contributed by atoms with Gasteiger partial charge in [-0.3, -0.25) is 0 Å². The summed E-state index contributed by atoms with van der Waals surface area (Å²) >= 11 is 0. The SMILES string of the molecule is C=CC1CC2CC1CC2[C@]1(O)C[C@H]2CC[C@@]1(C)C2(C)C. The van der Waals surface area contributed by atoms with Crippen LogP contribution in [-0.4, -0.2) is 10.7 Å². The Bertz CT molecular complexity index is 453. The molecule has 0 aromatic carbocycles. The molecule has 0 spiro atoms. The van der Waals surface area contributed by atoms with Crippen LogP contribution in [0.1, 0.15) is 59.3 Å². The fourth-order valence-electron chi connectivity index (χ4n) is 7.08. The maximum Gasteiger partial charge on any atom is 0.0739 e. The minimum atomic E-state index is -0.384. The van der Waals surface area contributed by atoms with Gasteiger partial charge in [-0.05, 0) is 73.5 Å². The lowest BCUT2D eigenvalue weighted by atomic mass is 9.57. The Kier molecular flexibility index (Phi) is 2.48. The lowest BCUT2D eigenvalue weighted by molar-refractivity contribution is -0.144. The summed E-state index contributed by atoms with van der Waals surface area (Å²) in [5.41, 5.74) is 0.0793. The van der Waals surface area contributed by atoms with Crippen molar-refractivity contribution < 1.29 is 5.11 Å². The molecule has 7 atom stereocenters. The molecule has 4 aliphatic carbocycles. The standard InChI is InChI=1S/C19H30O/c1-5-12-8-14-9-13(12)10-16(14)19(20)11-15-6-7-18(19,4)17(15,2)3/h5,12-16,20H,1,6-11H2,2-4H3/t12?,13?,14?,15-,16?,18+,19-/m1/s1. The van der Waals surface area contributed by atoms with E-state index in [4.69, 9.17) is 0 Å². The second kappa shape index (κ2) is 3.72. The summed E-state index contributed by atoms with van der Waals surface area (Å²) in [7, 11) is 0. The molecular formula is C19H30O. The topological polar surface area (TPSA) is 20.2 Å². The minimum absolute atomic E-state index is 0.142. The Hall–Kier alpha value is -0.300. The van der Waals surface area contributed by atoms with Crippen LogP contribution in [-0.2, 0) is 0 Å². The van der Waals surface area contributed by atoms with E-state index < -0.39 is 0 Å². The van der Waals surface area contributed by atoms with Crippen molar-refractivity contribution in [1.82, 2.24) is 0 Å². The quantitative estimate of drug-likeness (QED) is 0.739. The molecule has 0 aromatic heterocycles. The third kappa shape index (κ3) is 1.26. The van der Waals surface area contributed by atoms with E-state index >= 15 is 0 Å². The number of allylic oxidation sites excluding steroid dienone is 1. The molecule has 0 saturated heterocycles. The zero-order valence-electron chi connectivity index (χ0n) is 13.4. The van der Waals surface area contributed by atoms with Gasteiger partial charge in [0.05, 0.1) is 5.60 Å². The van der Waals surface area contributed by atoms with Crippen LogP contribution >= 0.6 is 0 Å². The molecule has 4 saturated carbocycles. The van der Waals surface area contributed by atoms with Gasteiger partial charge in [-0.15, -0.1) is 6.58 Å². The first-order valence-corrected chi connectivity index (χ1v) is 8.68. The first kappa shape index (κ1) is 13.4. The van der Waals surface area contributed by atoms with Crippen LogP contribution < -0.4 is 0 Å². The summed E-state index contributed by atoms with van der Waals surface area (Å²) in [6.07, 6.45) is 9.73. The highest BCUT2D eigenvalue weighted by molar-refractivity contribution is 5.22. The van der Waals surface area contributed by atoms with Crippen LogP contribution in [0.25, 0.3) is 0 Å². The van der Waals surface area contributed by atoms with E-state index in [1.165, 1.54) is 32.1 Å². The van der Waals surface area contributed by atoms with E-state index in [0.717, 1.165) is 30.1 Å². The molecule has 4 bridgehead atoms. The average molecular weight is 274 g/mol. The van der Waals surface area contributed by atoms with Crippen LogP contribution in [0.3, 0.4) is 0 Å². The third-order valence-electron chi connectivity index (χ3n) is 8.78. The second-order valence-corrected chi connectivity index (χ2v) is 9.15. The van der Waals surface area contributed by atoms with Gasteiger partial charge in [0.25, 0.3) is 0 Å². The van der Waals surface area contributed by atoms with E-state index in [2.05, 4.69) is 33.4 Å². The van der Waals surface area contributed by atoms with Crippen LogP contribution in [0.15, 0.2) is 12.7 Å². The van der Waals surface area contributed by atoms with Gasteiger partial charge in [-0.25, -0.2) is 0 Å². The maximum atomic E-state index is 11.7. The number of fused-ring (bicyclic) bond motifs is 4. The fourth-order valence-corrected chi connectivity index (χ4v) is 7.08. The predicted molar refractivity (Wildman–Crippen MR) is 82.2 cm³/mol. The van der Waals surface area contributed by atoms with Crippen molar-refractivity contribution in [1.29, 1.82) is 0 Å². The molecule has 4 unspecified atom stereocenters. The van der Waals surface area contributed by atoms with Gasteiger partial charge in [0, 0.05) is 5.41 Å². The highest BCUT2D eigenvalue weighted by Crippen LogP contribution is 2.74. The first-order valence-electron chi connectivity index (χ1n) is 8.68. The Morgan fingerprint density at radius 2 is 1.85 bits per heavy atom. The lowest BCUT2D eigenvalue weighted by Crippen LogP contribution is -2.54. The van der Waals surface area contributed by atoms with E-state index in [1.807, 2.05) is 0 Å². The summed E-state index contributed by atoms with van der Waals surface area (Å²) < 4.78 is 0. The van der Waals surface area contributed by atoms with Crippen molar-refractivity contribution >= 4 is 0 Å². The van der Waals surface area contributed by atoms with Crippen molar-refractivity contribution in [3.8, 4) is 0 Å². The van der Waals surface area contributed by atoms with Gasteiger partial charge < -0.3 is 5.11 Å². The third-order valence-corrected chi connectivity index (χ3v) is 8.78. The lowest BCUT2D eigenvalue weighted by Gasteiger charge is -2.51. The van der Waals surface area contributed by atoms with Crippen molar-refractivity contribution in [3.63, 3.8) is 0 Å². The number of aliphatic hydroxyl groups is 1. The Labute approximate surface area is 123 Å². The van der Waals surface area contributed by atoms with Gasteiger partial charge in [0.15, 0.2) is 0 Å². The van der Waals surface area contributed by atoms with E-state index in [-0.39, 0.29) is 11.0 Å². The summed E-state index contributed by atoms with van der Waals surface area (Å²) in [4.78, 5) is 0. The largest absolute Gasteiger partial charge is 0.389 e. The van der Waals surface area contributed by atoms with Crippen LogP contribution in [0, 0.1) is 40.4 Å². The van der Waals surface area contributed by atoms with Crippen molar-refractivity contribution in [2.45, 2.75) is 64.9 Å². The molecule has 112 valence electrons. The highest BCUT2D eigenvalue weighted by Gasteiger charge is 2.72. The van der Waals surface area contributed by atoms with Crippen molar-refractivity contribution in [2.75, 3.05) is 0 Å². The highest BCUT2D eigenvalue weighted by atomic mass is 16.3. The van der Waals surface area contributed by atoms with Gasteiger partial charge in [-0.2, -0.15) is 0 Å². The molecule has 0 aliphatic heterocycles. The fraction of sp³-hybridized carbons (Fsp3) is 0.895. The van der Waals surface area contributed by atoms with Crippen LogP contribution in [0.2, 0.25) is 0 Å². The van der Waals surface area contributed by atoms with Gasteiger partial charge >= 0.3 is 0 Å². The van der Waals surface area contributed by atoms with Crippen LogP contribution in [0.5, 0.6) is 0 Å². The molecule has 0 amide bonds. The predicted octanol–water partition coefficient (Wildman–Crippen LogP) is 4.41. The number of hydrogen-bond donors (Lipinski definition) is 1. The zero-order chi connectivity index (χ0) is 14.3. The second-order valence-electron chi connectivity index (χ2n) is 9.15. The summed E-state index contributed by atoms with van der Waals surface area (Å²) in [5, 5.41) is 11.7. The van der Waals surface area contributed by atoms with E-state index in [9.17, 15) is 5.11 Å². The zero-order valence-corrected chi connectivity index (χ0v) is 13.4. The molecule has 1 heteroatoms. The Morgan fingerprint density at radius 3 is 2.30 bits per heavy atom. The summed E-state index contributed by atoms with van der Waals surface area (Å²) in [6.45, 7) is 11.3. The molecule has 1 nitrogen and oxygen atoms in total. The summed E-state index contributed by atoms with van der Waals surface area (Å²) in [6, 6.07) is 0. The molecule has 4 fully saturated rings. The first-order chi connectivity index (χ1) is 9.33. The van der Waals surface area contributed by atoms with Crippen LogP contribution in [0.4, 0.5) is 0 Å². The number of hydrogen-bond acceptors (Lipinski definition) is 1. The minimum Gasteiger partial charge on any atom is -0.389 e. The molecule has 1 N–H and O–H groups in total. The Morgan fingerprint density at radius 1 is 1.10 bits per heavy atom. The molecule has 4 aliphatic rings. The van der Waals surface area contributed by atoms with Crippen molar-refractivity contribution in [2.24, 2.45) is 40.4 Å². The van der Waals surface area contributed by atoms with E-state index in [0.29, 0.717) is 11.3 Å². The normalized spacial score (nSPS) is 59.3. The molecular weight excluding hydrogens is 244 g/mol. The van der Waals surface area contributed by atoms with Gasteiger partial charge in [-0.1, -0.05) is 26.8 Å². The molecule has 0 aromatic rings.